The van der Waals surface area contributed by atoms with Gasteiger partial charge in [-0.1, -0.05) is 0 Å². The minimum Gasteiger partial charge on any atom is -0.379 e. The predicted molar refractivity (Wildman–Crippen MR) is 58.5 cm³/mol. The minimum atomic E-state index is 0.0330. The fraction of sp³-hybridized carbons (Fsp3) is 0.727. The first kappa shape index (κ1) is 10.6. The van der Waals surface area contributed by atoms with Gasteiger partial charge in [-0.15, -0.1) is 0 Å². The van der Waals surface area contributed by atoms with E-state index < -0.39 is 0 Å². The molecule has 3 unspecified atom stereocenters. The number of ether oxygens (including phenoxy) is 1. The van der Waals surface area contributed by atoms with Gasteiger partial charge in [-0.05, 0) is 26.2 Å². The second-order valence-electron chi connectivity index (χ2n) is 4.29. The Labute approximate surface area is 90.4 Å². The Hall–Kier alpha value is -0.870. The van der Waals surface area contributed by atoms with Crippen molar-refractivity contribution in [3.63, 3.8) is 0 Å². The van der Waals surface area contributed by atoms with Gasteiger partial charge in [0.1, 0.15) is 0 Å². The van der Waals surface area contributed by atoms with E-state index >= 15 is 0 Å². The SMILES string of the molecule is COC1CCCC1n1cncc1C(C)N. The fourth-order valence-electron chi connectivity index (χ4n) is 2.44. The zero-order chi connectivity index (χ0) is 10.8. The lowest BCUT2D eigenvalue weighted by Gasteiger charge is -2.22. The molecular weight excluding hydrogens is 190 g/mol. The van der Waals surface area contributed by atoms with E-state index in [4.69, 9.17) is 10.5 Å². The van der Waals surface area contributed by atoms with E-state index in [0.29, 0.717) is 12.1 Å². The van der Waals surface area contributed by atoms with Crippen LogP contribution in [0, 0.1) is 0 Å². The summed E-state index contributed by atoms with van der Waals surface area (Å²) in [6.07, 6.45) is 7.57. The summed E-state index contributed by atoms with van der Waals surface area (Å²) in [6.45, 7) is 1.99. The summed E-state index contributed by atoms with van der Waals surface area (Å²) in [5.41, 5.74) is 7.01. The molecule has 0 spiro atoms. The van der Waals surface area contributed by atoms with Crippen LogP contribution in [0.25, 0.3) is 0 Å². The molecule has 1 aromatic heterocycles. The topological polar surface area (TPSA) is 53.1 Å². The normalized spacial score (nSPS) is 28.2. The van der Waals surface area contributed by atoms with Crippen LogP contribution in [0.3, 0.4) is 0 Å². The van der Waals surface area contributed by atoms with Crippen molar-refractivity contribution >= 4 is 0 Å². The lowest BCUT2D eigenvalue weighted by molar-refractivity contribution is 0.0738. The van der Waals surface area contributed by atoms with Crippen LogP contribution in [0.15, 0.2) is 12.5 Å². The minimum absolute atomic E-state index is 0.0330. The average Bonchev–Trinajstić information content (AvgIpc) is 2.85. The summed E-state index contributed by atoms with van der Waals surface area (Å²) < 4.78 is 7.68. The van der Waals surface area contributed by atoms with Gasteiger partial charge < -0.3 is 15.0 Å². The van der Waals surface area contributed by atoms with Crippen LogP contribution in [0.2, 0.25) is 0 Å². The summed E-state index contributed by atoms with van der Waals surface area (Å²) in [4.78, 5) is 4.18. The molecule has 0 aromatic carbocycles. The van der Waals surface area contributed by atoms with Gasteiger partial charge in [-0.25, -0.2) is 4.98 Å². The Morgan fingerprint density at radius 2 is 2.40 bits per heavy atom. The zero-order valence-electron chi connectivity index (χ0n) is 9.39. The fourth-order valence-corrected chi connectivity index (χ4v) is 2.44. The molecule has 2 rings (SSSR count). The van der Waals surface area contributed by atoms with Crippen molar-refractivity contribution in [2.24, 2.45) is 5.73 Å². The van der Waals surface area contributed by atoms with E-state index in [1.54, 1.807) is 7.11 Å². The van der Waals surface area contributed by atoms with E-state index in [0.717, 1.165) is 18.5 Å². The van der Waals surface area contributed by atoms with Gasteiger partial charge in [0.05, 0.1) is 24.2 Å². The van der Waals surface area contributed by atoms with E-state index in [-0.39, 0.29) is 6.04 Å². The van der Waals surface area contributed by atoms with Gasteiger partial charge in [0.15, 0.2) is 0 Å². The van der Waals surface area contributed by atoms with Crippen LogP contribution >= 0.6 is 0 Å². The van der Waals surface area contributed by atoms with E-state index in [1.165, 1.54) is 6.42 Å². The Bertz CT molecular complexity index is 321. The number of hydrogen-bond acceptors (Lipinski definition) is 3. The van der Waals surface area contributed by atoms with E-state index in [1.807, 2.05) is 19.4 Å². The highest BCUT2D eigenvalue weighted by molar-refractivity contribution is 5.06. The van der Waals surface area contributed by atoms with Crippen molar-refractivity contribution < 1.29 is 4.74 Å². The number of nitrogens with two attached hydrogens (primary N) is 1. The van der Waals surface area contributed by atoms with Gasteiger partial charge in [-0.2, -0.15) is 0 Å². The third kappa shape index (κ3) is 1.92. The monoisotopic (exact) mass is 209 g/mol. The van der Waals surface area contributed by atoms with Crippen molar-refractivity contribution in [2.45, 2.75) is 44.4 Å². The summed E-state index contributed by atoms with van der Waals surface area (Å²) in [7, 11) is 1.78. The Morgan fingerprint density at radius 3 is 3.07 bits per heavy atom. The number of methoxy groups -OCH3 is 1. The maximum absolute atomic E-state index is 5.91. The summed E-state index contributed by atoms with van der Waals surface area (Å²) in [5.74, 6) is 0. The molecule has 1 heterocycles. The standard InChI is InChI=1S/C11H19N3O/c1-8(12)10-6-13-7-14(10)9-4-3-5-11(9)15-2/h6-9,11H,3-5,12H2,1-2H3. The number of nitrogens with zero attached hydrogens (tertiary/aromatic N) is 2. The van der Waals surface area contributed by atoms with Crippen LogP contribution in [0.1, 0.15) is 44.0 Å². The quantitative estimate of drug-likeness (QED) is 0.823. The smallest absolute Gasteiger partial charge is 0.0952 e. The summed E-state index contributed by atoms with van der Waals surface area (Å²) >= 11 is 0. The highest BCUT2D eigenvalue weighted by atomic mass is 16.5. The molecular formula is C11H19N3O. The van der Waals surface area contributed by atoms with Crippen LogP contribution in [-0.2, 0) is 4.74 Å². The van der Waals surface area contributed by atoms with E-state index in [2.05, 4.69) is 9.55 Å². The molecule has 84 valence electrons. The van der Waals surface area contributed by atoms with Gasteiger partial charge in [-0.3, -0.25) is 0 Å². The Morgan fingerprint density at radius 1 is 1.60 bits per heavy atom. The molecule has 0 bridgehead atoms. The Kier molecular flexibility index (Phi) is 3.07. The molecule has 3 atom stereocenters. The highest BCUT2D eigenvalue weighted by Crippen LogP contribution is 2.33. The summed E-state index contributed by atoms with van der Waals surface area (Å²) in [5, 5.41) is 0. The maximum Gasteiger partial charge on any atom is 0.0952 e. The van der Waals surface area contributed by atoms with E-state index in [9.17, 15) is 0 Å². The van der Waals surface area contributed by atoms with Crippen LogP contribution in [-0.4, -0.2) is 22.8 Å². The molecule has 4 heteroatoms. The predicted octanol–water partition coefficient (Wildman–Crippen LogP) is 1.64. The van der Waals surface area contributed by atoms with Gasteiger partial charge >= 0.3 is 0 Å². The van der Waals surface area contributed by atoms with Gasteiger partial charge in [0.2, 0.25) is 0 Å². The number of hydrogen-bond donors (Lipinski definition) is 1. The molecule has 1 aromatic rings. The lowest BCUT2D eigenvalue weighted by Crippen LogP contribution is -2.23. The molecule has 0 amide bonds. The molecule has 2 N–H and O–H groups in total. The van der Waals surface area contributed by atoms with Crippen molar-refractivity contribution in [1.82, 2.24) is 9.55 Å². The van der Waals surface area contributed by atoms with Crippen molar-refractivity contribution in [3.8, 4) is 0 Å². The molecule has 1 saturated carbocycles. The number of aromatic nitrogens is 2. The third-order valence-electron chi connectivity index (χ3n) is 3.24. The maximum atomic E-state index is 5.91. The van der Waals surface area contributed by atoms with Gasteiger partial charge in [0.25, 0.3) is 0 Å². The molecule has 1 aliphatic carbocycles. The number of rotatable bonds is 3. The average molecular weight is 209 g/mol. The number of imidazole rings is 1. The lowest BCUT2D eigenvalue weighted by atomic mass is 10.2. The van der Waals surface area contributed by atoms with Crippen molar-refractivity contribution in [2.75, 3.05) is 7.11 Å². The van der Waals surface area contributed by atoms with Crippen molar-refractivity contribution in [1.29, 1.82) is 0 Å². The first-order valence-corrected chi connectivity index (χ1v) is 5.54. The van der Waals surface area contributed by atoms with Crippen molar-refractivity contribution in [3.05, 3.63) is 18.2 Å². The summed E-state index contributed by atoms with van der Waals surface area (Å²) in [6, 6.07) is 0.448. The van der Waals surface area contributed by atoms with Crippen LogP contribution < -0.4 is 5.73 Å². The zero-order valence-corrected chi connectivity index (χ0v) is 9.39. The third-order valence-corrected chi connectivity index (χ3v) is 3.24. The van der Waals surface area contributed by atoms with Gasteiger partial charge in [0, 0.05) is 19.3 Å². The molecule has 4 nitrogen and oxygen atoms in total. The molecule has 1 aliphatic rings. The molecule has 15 heavy (non-hydrogen) atoms. The molecule has 1 fully saturated rings. The second-order valence-corrected chi connectivity index (χ2v) is 4.29. The first-order chi connectivity index (χ1) is 7.24. The largest absolute Gasteiger partial charge is 0.379 e. The highest BCUT2D eigenvalue weighted by Gasteiger charge is 2.30. The Balaban J connectivity index is 2.24. The second kappa shape index (κ2) is 4.33. The first-order valence-electron chi connectivity index (χ1n) is 5.54. The molecule has 0 aliphatic heterocycles. The van der Waals surface area contributed by atoms with Crippen LogP contribution in [0.4, 0.5) is 0 Å². The molecule has 0 radical (unpaired) electrons. The molecule has 0 saturated heterocycles. The van der Waals surface area contributed by atoms with Crippen LogP contribution in [0.5, 0.6) is 0 Å².